The number of hydrogen-bond donors (Lipinski definition) is 0. The van der Waals surface area contributed by atoms with E-state index in [1.807, 2.05) is 13.8 Å². The van der Waals surface area contributed by atoms with Crippen molar-refractivity contribution in [1.82, 2.24) is 0 Å². The second kappa shape index (κ2) is 8.07. The van der Waals surface area contributed by atoms with Gasteiger partial charge in [-0.25, -0.2) is 0 Å². The second-order valence-electron chi connectivity index (χ2n) is 4.50. The molecule has 0 aromatic heterocycles. The SMILES string of the molecule is CCOP(OCC)C1(P(=O)(OC)OC)CCCCC1. The van der Waals surface area contributed by atoms with Crippen LogP contribution in [0.4, 0.5) is 0 Å². The van der Waals surface area contributed by atoms with Crippen molar-refractivity contribution in [2.45, 2.75) is 50.8 Å². The fraction of sp³-hybridized carbons (Fsp3) is 1.00. The van der Waals surface area contributed by atoms with Gasteiger partial charge in [0.15, 0.2) is 8.38 Å². The van der Waals surface area contributed by atoms with E-state index in [1.165, 1.54) is 14.2 Å². The summed E-state index contributed by atoms with van der Waals surface area (Å²) < 4.78 is 35.2. The van der Waals surface area contributed by atoms with Gasteiger partial charge < -0.3 is 18.1 Å². The zero-order chi connectivity index (χ0) is 14.4. The van der Waals surface area contributed by atoms with Crippen molar-refractivity contribution in [3.8, 4) is 0 Å². The molecule has 7 heteroatoms. The molecule has 0 atom stereocenters. The molecule has 1 aliphatic rings. The van der Waals surface area contributed by atoms with Gasteiger partial charge in [0.05, 0.1) is 13.2 Å². The largest absolute Gasteiger partial charge is 0.345 e. The van der Waals surface area contributed by atoms with Crippen LogP contribution in [-0.2, 0) is 22.7 Å². The highest BCUT2D eigenvalue weighted by Gasteiger charge is 2.57. The summed E-state index contributed by atoms with van der Waals surface area (Å²) in [5, 5.41) is 0. The van der Waals surface area contributed by atoms with Crippen molar-refractivity contribution in [3.63, 3.8) is 0 Å². The zero-order valence-electron chi connectivity index (χ0n) is 12.4. The Labute approximate surface area is 117 Å². The molecule has 0 radical (unpaired) electrons. The summed E-state index contributed by atoms with van der Waals surface area (Å²) in [5.41, 5.74) is 0. The predicted octanol–water partition coefficient (Wildman–Crippen LogP) is 4.52. The van der Waals surface area contributed by atoms with Gasteiger partial charge in [-0.2, -0.15) is 0 Å². The van der Waals surface area contributed by atoms with Crippen molar-refractivity contribution >= 4 is 16.0 Å². The molecule has 1 rings (SSSR count). The molecule has 0 bridgehead atoms. The lowest BCUT2D eigenvalue weighted by Crippen LogP contribution is -2.32. The van der Waals surface area contributed by atoms with Crippen molar-refractivity contribution in [2.75, 3.05) is 27.4 Å². The first-order chi connectivity index (χ1) is 9.10. The molecule has 114 valence electrons. The molecule has 0 N–H and O–H groups in total. The lowest BCUT2D eigenvalue weighted by Gasteiger charge is -2.43. The van der Waals surface area contributed by atoms with Crippen LogP contribution in [0.2, 0.25) is 0 Å². The van der Waals surface area contributed by atoms with Crippen LogP contribution in [0.1, 0.15) is 46.0 Å². The predicted molar refractivity (Wildman–Crippen MR) is 77.6 cm³/mol. The van der Waals surface area contributed by atoms with Crippen molar-refractivity contribution in [3.05, 3.63) is 0 Å². The van der Waals surface area contributed by atoms with E-state index in [4.69, 9.17) is 18.1 Å². The van der Waals surface area contributed by atoms with Crippen LogP contribution in [0.3, 0.4) is 0 Å². The smallest absolute Gasteiger partial charge is 0.334 e. The highest BCUT2D eigenvalue weighted by atomic mass is 31.2. The standard InChI is InChI=1S/C12H26O5P2/c1-5-16-18(17-6-2)12(10-8-7-9-11-12)19(13,14-3)15-4/h5-11H2,1-4H3. The Bertz CT molecular complexity index is 290. The maximum Gasteiger partial charge on any atom is 0.345 e. The molecule has 0 unspecified atom stereocenters. The molecule has 0 saturated heterocycles. The molecule has 0 spiro atoms. The van der Waals surface area contributed by atoms with E-state index >= 15 is 0 Å². The second-order valence-corrected chi connectivity index (χ2v) is 9.32. The van der Waals surface area contributed by atoms with Crippen LogP contribution in [0.5, 0.6) is 0 Å². The summed E-state index contributed by atoms with van der Waals surface area (Å²) in [7, 11) is -1.60. The quantitative estimate of drug-likeness (QED) is 0.617. The van der Waals surface area contributed by atoms with Crippen LogP contribution in [-0.4, -0.2) is 32.3 Å². The molecule has 19 heavy (non-hydrogen) atoms. The summed E-state index contributed by atoms with van der Waals surface area (Å²) in [6.07, 6.45) is 4.72. The van der Waals surface area contributed by atoms with E-state index in [2.05, 4.69) is 0 Å². The van der Waals surface area contributed by atoms with Gasteiger partial charge in [-0.15, -0.1) is 0 Å². The van der Waals surface area contributed by atoms with Crippen molar-refractivity contribution in [1.29, 1.82) is 0 Å². The highest BCUT2D eigenvalue weighted by Crippen LogP contribution is 2.77. The number of hydrogen-bond acceptors (Lipinski definition) is 5. The number of rotatable bonds is 8. The molecule has 0 heterocycles. The van der Waals surface area contributed by atoms with Crippen molar-refractivity contribution < 1.29 is 22.7 Å². The van der Waals surface area contributed by atoms with Crippen molar-refractivity contribution in [2.24, 2.45) is 0 Å². The highest BCUT2D eigenvalue weighted by molar-refractivity contribution is 7.71. The van der Waals surface area contributed by atoms with Gasteiger partial charge in [0.1, 0.15) is 4.90 Å². The van der Waals surface area contributed by atoms with Gasteiger partial charge in [0.2, 0.25) is 0 Å². The molecule has 1 saturated carbocycles. The minimum absolute atomic E-state index is 0.543. The van der Waals surface area contributed by atoms with E-state index in [9.17, 15) is 4.57 Å². The van der Waals surface area contributed by atoms with Gasteiger partial charge in [-0.1, -0.05) is 19.3 Å². The lowest BCUT2D eigenvalue weighted by molar-refractivity contribution is 0.213. The fourth-order valence-corrected chi connectivity index (χ4v) is 7.64. The first-order valence-electron chi connectivity index (χ1n) is 6.88. The van der Waals surface area contributed by atoms with E-state index in [0.29, 0.717) is 13.2 Å². The summed E-state index contributed by atoms with van der Waals surface area (Å²) in [5.74, 6) is 0. The zero-order valence-corrected chi connectivity index (χ0v) is 14.2. The van der Waals surface area contributed by atoms with E-state index in [-0.39, 0.29) is 0 Å². The lowest BCUT2D eigenvalue weighted by atomic mass is 10.00. The van der Waals surface area contributed by atoms with Crippen LogP contribution >= 0.6 is 16.0 Å². The molecule has 0 aliphatic heterocycles. The molecular formula is C12H26O5P2. The minimum Gasteiger partial charge on any atom is -0.334 e. The first kappa shape index (κ1) is 17.6. The molecule has 1 fully saturated rings. The van der Waals surface area contributed by atoms with Crippen LogP contribution < -0.4 is 0 Å². The van der Waals surface area contributed by atoms with Crippen LogP contribution in [0, 0.1) is 0 Å². The minimum atomic E-state index is -3.22. The Hall–Kier alpha value is 0.500. The monoisotopic (exact) mass is 312 g/mol. The third kappa shape index (κ3) is 3.58. The Morgan fingerprint density at radius 2 is 1.47 bits per heavy atom. The van der Waals surface area contributed by atoms with Gasteiger partial charge in [-0.05, 0) is 26.7 Å². The fourth-order valence-electron chi connectivity index (χ4n) is 2.60. The van der Waals surface area contributed by atoms with Crippen LogP contribution in [0.25, 0.3) is 0 Å². The molecule has 5 nitrogen and oxygen atoms in total. The summed E-state index contributed by atoms with van der Waals surface area (Å²) in [6, 6.07) is 0. The van der Waals surface area contributed by atoms with Gasteiger partial charge in [0, 0.05) is 14.2 Å². The third-order valence-electron chi connectivity index (χ3n) is 3.48. The van der Waals surface area contributed by atoms with E-state index in [0.717, 1.165) is 32.1 Å². The van der Waals surface area contributed by atoms with Gasteiger partial charge in [0.25, 0.3) is 0 Å². The summed E-state index contributed by atoms with van der Waals surface area (Å²) >= 11 is 0. The maximum atomic E-state index is 13.0. The van der Waals surface area contributed by atoms with E-state index in [1.54, 1.807) is 0 Å². The molecule has 1 aliphatic carbocycles. The molecule has 0 amide bonds. The normalized spacial score (nSPS) is 19.8. The Kier molecular flexibility index (Phi) is 7.45. The maximum absolute atomic E-state index is 13.0. The Morgan fingerprint density at radius 3 is 1.84 bits per heavy atom. The van der Waals surface area contributed by atoms with Gasteiger partial charge in [-0.3, -0.25) is 4.57 Å². The molecule has 0 aromatic carbocycles. The third-order valence-corrected chi connectivity index (χ3v) is 9.24. The topological polar surface area (TPSA) is 54.0 Å². The van der Waals surface area contributed by atoms with Gasteiger partial charge >= 0.3 is 7.60 Å². The average molecular weight is 312 g/mol. The first-order valence-corrected chi connectivity index (χ1v) is 9.60. The Morgan fingerprint density at radius 1 is 1.00 bits per heavy atom. The van der Waals surface area contributed by atoms with Crippen LogP contribution in [0.15, 0.2) is 0 Å². The summed E-state index contributed by atoms with van der Waals surface area (Å²) in [6.45, 7) is 4.94. The molecule has 0 aromatic rings. The average Bonchev–Trinajstić information content (AvgIpc) is 2.46. The molecular weight excluding hydrogens is 286 g/mol. The summed E-state index contributed by atoms with van der Waals surface area (Å²) in [4.78, 5) is -0.615. The Balaban J connectivity index is 3.12. The van der Waals surface area contributed by atoms with E-state index < -0.39 is 20.9 Å².